The molecule has 0 aliphatic heterocycles. The minimum Gasteiger partial charge on any atom is -0.361 e. The lowest BCUT2D eigenvalue weighted by Gasteiger charge is -2.03. The zero-order valence-electron chi connectivity index (χ0n) is 11.5. The number of carbonyl (C=O) groups excluding carboxylic acids is 1. The van der Waals surface area contributed by atoms with Crippen molar-refractivity contribution in [3.8, 4) is 0 Å². The highest BCUT2D eigenvalue weighted by Crippen LogP contribution is 2.15. The molecule has 100 valence electrons. The SMILES string of the molecule is Cc1cccc(CC(=O)Cc2ccc3[nH]ccc3c2)c1. The maximum absolute atomic E-state index is 12.2. The van der Waals surface area contributed by atoms with Crippen LogP contribution in [0.1, 0.15) is 16.7 Å². The summed E-state index contributed by atoms with van der Waals surface area (Å²) >= 11 is 0. The summed E-state index contributed by atoms with van der Waals surface area (Å²) < 4.78 is 0. The number of hydrogen-bond donors (Lipinski definition) is 1. The molecule has 1 heterocycles. The average molecular weight is 263 g/mol. The summed E-state index contributed by atoms with van der Waals surface area (Å²) in [5.41, 5.74) is 4.48. The van der Waals surface area contributed by atoms with Crippen LogP contribution in [0.2, 0.25) is 0 Å². The number of aromatic amines is 1. The number of H-pyrrole nitrogens is 1. The van der Waals surface area contributed by atoms with E-state index in [0.717, 1.165) is 22.0 Å². The van der Waals surface area contributed by atoms with Crippen molar-refractivity contribution in [1.29, 1.82) is 0 Å². The Bertz CT molecular complexity index is 755. The van der Waals surface area contributed by atoms with Gasteiger partial charge in [0.2, 0.25) is 0 Å². The monoisotopic (exact) mass is 263 g/mol. The van der Waals surface area contributed by atoms with E-state index in [1.54, 1.807) is 0 Å². The Balaban J connectivity index is 1.72. The van der Waals surface area contributed by atoms with Crippen molar-refractivity contribution in [1.82, 2.24) is 4.98 Å². The van der Waals surface area contributed by atoms with Crippen molar-refractivity contribution < 1.29 is 4.79 Å². The normalized spacial score (nSPS) is 10.8. The zero-order valence-corrected chi connectivity index (χ0v) is 11.5. The topological polar surface area (TPSA) is 32.9 Å². The lowest BCUT2D eigenvalue weighted by atomic mass is 10.0. The summed E-state index contributed by atoms with van der Waals surface area (Å²) in [6.45, 7) is 2.05. The van der Waals surface area contributed by atoms with Crippen molar-refractivity contribution in [3.63, 3.8) is 0 Å². The maximum Gasteiger partial charge on any atom is 0.141 e. The second kappa shape index (κ2) is 5.33. The van der Waals surface area contributed by atoms with Crippen molar-refractivity contribution in [2.75, 3.05) is 0 Å². The van der Waals surface area contributed by atoms with Gasteiger partial charge in [0.1, 0.15) is 5.78 Å². The summed E-state index contributed by atoms with van der Waals surface area (Å²) in [6.07, 6.45) is 2.92. The lowest BCUT2D eigenvalue weighted by Crippen LogP contribution is -2.06. The number of aryl methyl sites for hydroxylation is 1. The molecule has 3 aromatic rings. The number of carbonyl (C=O) groups is 1. The second-order valence-electron chi connectivity index (χ2n) is 5.28. The van der Waals surface area contributed by atoms with Crippen LogP contribution in [-0.2, 0) is 17.6 Å². The third kappa shape index (κ3) is 2.80. The minimum absolute atomic E-state index is 0.255. The Labute approximate surface area is 118 Å². The number of rotatable bonds is 4. The van der Waals surface area contributed by atoms with E-state index in [1.165, 1.54) is 5.56 Å². The van der Waals surface area contributed by atoms with Gasteiger partial charge in [-0.25, -0.2) is 0 Å². The van der Waals surface area contributed by atoms with Gasteiger partial charge in [0.25, 0.3) is 0 Å². The van der Waals surface area contributed by atoms with E-state index in [4.69, 9.17) is 0 Å². The molecular weight excluding hydrogens is 246 g/mol. The number of benzene rings is 2. The third-order valence-corrected chi connectivity index (χ3v) is 3.50. The predicted molar refractivity (Wildman–Crippen MR) is 81.9 cm³/mol. The number of ketones is 1. The molecular formula is C18H17NO. The number of aromatic nitrogens is 1. The van der Waals surface area contributed by atoms with E-state index in [0.29, 0.717) is 12.8 Å². The first-order chi connectivity index (χ1) is 9.70. The molecule has 0 atom stereocenters. The van der Waals surface area contributed by atoms with Crippen LogP contribution in [0.25, 0.3) is 10.9 Å². The van der Waals surface area contributed by atoms with Crippen LogP contribution in [-0.4, -0.2) is 10.8 Å². The Morgan fingerprint density at radius 2 is 1.80 bits per heavy atom. The van der Waals surface area contributed by atoms with Gasteiger partial charge in [-0.2, -0.15) is 0 Å². The zero-order chi connectivity index (χ0) is 13.9. The second-order valence-corrected chi connectivity index (χ2v) is 5.28. The molecule has 0 amide bonds. The first-order valence-electron chi connectivity index (χ1n) is 6.84. The van der Waals surface area contributed by atoms with Gasteiger partial charge in [-0.1, -0.05) is 35.9 Å². The number of nitrogens with one attached hydrogen (secondary N) is 1. The predicted octanol–water partition coefficient (Wildman–Crippen LogP) is 3.83. The van der Waals surface area contributed by atoms with Crippen molar-refractivity contribution in [2.24, 2.45) is 0 Å². The largest absolute Gasteiger partial charge is 0.361 e. The molecule has 2 nitrogen and oxygen atoms in total. The number of fused-ring (bicyclic) bond motifs is 1. The molecule has 3 rings (SSSR count). The van der Waals surface area contributed by atoms with Crippen LogP contribution in [0.5, 0.6) is 0 Å². The molecule has 1 N–H and O–H groups in total. The van der Waals surface area contributed by atoms with E-state index in [2.05, 4.69) is 17.1 Å². The molecule has 0 fully saturated rings. The number of Topliss-reactive ketones (excluding diaryl/α,β-unsaturated/α-hetero) is 1. The minimum atomic E-state index is 0.255. The summed E-state index contributed by atoms with van der Waals surface area (Å²) in [4.78, 5) is 15.3. The van der Waals surface area contributed by atoms with Gasteiger partial charge >= 0.3 is 0 Å². The van der Waals surface area contributed by atoms with Gasteiger partial charge in [-0.3, -0.25) is 4.79 Å². The fourth-order valence-corrected chi connectivity index (χ4v) is 2.55. The quantitative estimate of drug-likeness (QED) is 0.762. The van der Waals surface area contributed by atoms with Gasteiger partial charge in [-0.15, -0.1) is 0 Å². The van der Waals surface area contributed by atoms with Crippen LogP contribution < -0.4 is 0 Å². The van der Waals surface area contributed by atoms with Gasteiger partial charge in [0.05, 0.1) is 0 Å². The van der Waals surface area contributed by atoms with Gasteiger partial charge in [0.15, 0.2) is 0 Å². The van der Waals surface area contributed by atoms with Crippen LogP contribution in [0.15, 0.2) is 54.7 Å². The van der Waals surface area contributed by atoms with E-state index in [9.17, 15) is 4.79 Å². The summed E-state index contributed by atoms with van der Waals surface area (Å²) in [5, 5.41) is 1.16. The van der Waals surface area contributed by atoms with Gasteiger partial charge in [0, 0.05) is 24.6 Å². The highest BCUT2D eigenvalue weighted by atomic mass is 16.1. The molecule has 0 bridgehead atoms. The van der Waals surface area contributed by atoms with Crippen LogP contribution in [0.3, 0.4) is 0 Å². The fraction of sp³-hybridized carbons (Fsp3) is 0.167. The van der Waals surface area contributed by atoms with Gasteiger partial charge in [-0.05, 0) is 41.6 Å². The molecule has 2 aromatic carbocycles. The third-order valence-electron chi connectivity index (χ3n) is 3.50. The number of hydrogen-bond acceptors (Lipinski definition) is 1. The molecule has 0 radical (unpaired) electrons. The van der Waals surface area contributed by atoms with Crippen LogP contribution >= 0.6 is 0 Å². The molecule has 0 unspecified atom stereocenters. The molecule has 2 heteroatoms. The van der Waals surface area contributed by atoms with Crippen LogP contribution in [0.4, 0.5) is 0 Å². The first-order valence-corrected chi connectivity index (χ1v) is 6.84. The smallest absolute Gasteiger partial charge is 0.141 e. The molecule has 0 spiro atoms. The molecule has 0 aliphatic carbocycles. The molecule has 1 aromatic heterocycles. The summed E-state index contributed by atoms with van der Waals surface area (Å²) in [6, 6.07) is 16.3. The Kier molecular flexibility index (Phi) is 3.38. The van der Waals surface area contributed by atoms with Gasteiger partial charge < -0.3 is 4.98 Å². The van der Waals surface area contributed by atoms with E-state index in [1.807, 2.05) is 49.5 Å². The van der Waals surface area contributed by atoms with E-state index in [-0.39, 0.29) is 5.78 Å². The highest BCUT2D eigenvalue weighted by Gasteiger charge is 2.06. The van der Waals surface area contributed by atoms with E-state index >= 15 is 0 Å². The highest BCUT2D eigenvalue weighted by molar-refractivity contribution is 5.85. The van der Waals surface area contributed by atoms with Crippen molar-refractivity contribution in [3.05, 3.63) is 71.4 Å². The summed E-state index contributed by atoms with van der Waals surface area (Å²) in [7, 11) is 0. The van der Waals surface area contributed by atoms with E-state index < -0.39 is 0 Å². The van der Waals surface area contributed by atoms with Crippen molar-refractivity contribution in [2.45, 2.75) is 19.8 Å². The maximum atomic E-state index is 12.2. The van der Waals surface area contributed by atoms with Crippen molar-refractivity contribution >= 4 is 16.7 Å². The first kappa shape index (κ1) is 12.7. The Hall–Kier alpha value is -2.35. The molecule has 0 saturated carbocycles. The molecule has 0 saturated heterocycles. The summed E-state index contributed by atoms with van der Waals surface area (Å²) in [5.74, 6) is 0.255. The Morgan fingerprint density at radius 1 is 1.00 bits per heavy atom. The Morgan fingerprint density at radius 3 is 2.60 bits per heavy atom. The molecule has 20 heavy (non-hydrogen) atoms. The molecule has 0 aliphatic rings. The van der Waals surface area contributed by atoms with Crippen LogP contribution in [0, 0.1) is 6.92 Å². The average Bonchev–Trinajstić information content (AvgIpc) is 2.86. The fourth-order valence-electron chi connectivity index (χ4n) is 2.55. The lowest BCUT2D eigenvalue weighted by molar-refractivity contribution is -0.117. The standard InChI is InChI=1S/C18H17NO/c1-13-3-2-4-14(9-13)11-17(20)12-15-5-6-18-16(10-15)7-8-19-18/h2-10,19H,11-12H2,1H3.